The molecule has 0 unspecified atom stereocenters. The van der Waals surface area contributed by atoms with Crippen molar-refractivity contribution >= 4 is 59.0 Å². The molecular weight excluding hydrogens is 486 g/mol. The molecule has 140 valence electrons. The lowest BCUT2D eigenvalue weighted by Gasteiger charge is -2.37. The van der Waals surface area contributed by atoms with Crippen LogP contribution in [0, 0.1) is 0 Å². The molecule has 1 saturated heterocycles. The zero-order valence-electron chi connectivity index (χ0n) is 14.1. The second kappa shape index (κ2) is 9.73. The Labute approximate surface area is 180 Å². The molecule has 2 heterocycles. The Hall–Kier alpha value is -1.09. The third-order valence-corrected chi connectivity index (χ3v) is 4.97. The van der Waals surface area contributed by atoms with Gasteiger partial charge in [0.2, 0.25) is 0 Å². The maximum Gasteiger partial charge on any atom is 0.194 e. The van der Waals surface area contributed by atoms with Crippen molar-refractivity contribution in [1.82, 2.24) is 4.98 Å². The minimum absolute atomic E-state index is 0. The summed E-state index contributed by atoms with van der Waals surface area (Å²) < 4.78 is 5.54. The molecule has 1 aromatic heterocycles. The quantitative estimate of drug-likeness (QED) is 0.364. The van der Waals surface area contributed by atoms with E-state index in [1.807, 2.05) is 30.3 Å². The van der Waals surface area contributed by atoms with E-state index in [1.165, 1.54) is 0 Å². The summed E-state index contributed by atoms with van der Waals surface area (Å²) >= 11 is 12.5. The number of aromatic nitrogens is 1. The SMILES string of the molecule is I.NC(=NCC1(c2ccc(Cl)cc2Cl)CCOCC1)Nc1ccccn1. The second-order valence-corrected chi connectivity index (χ2v) is 6.90. The number of rotatable bonds is 4. The smallest absolute Gasteiger partial charge is 0.194 e. The van der Waals surface area contributed by atoms with Crippen LogP contribution >= 0.6 is 47.2 Å². The number of ether oxygens (including phenoxy) is 1. The maximum atomic E-state index is 6.47. The molecule has 0 atom stereocenters. The topological polar surface area (TPSA) is 72.5 Å². The van der Waals surface area contributed by atoms with Crippen LogP contribution in [0.3, 0.4) is 0 Å². The Morgan fingerprint density at radius 1 is 1.23 bits per heavy atom. The molecule has 1 aliphatic heterocycles. The van der Waals surface area contributed by atoms with Gasteiger partial charge in [-0.25, -0.2) is 4.98 Å². The Bertz CT molecular complexity index is 752. The van der Waals surface area contributed by atoms with Gasteiger partial charge >= 0.3 is 0 Å². The van der Waals surface area contributed by atoms with E-state index in [2.05, 4.69) is 15.3 Å². The summed E-state index contributed by atoms with van der Waals surface area (Å²) in [6.07, 6.45) is 3.35. The van der Waals surface area contributed by atoms with E-state index in [0.29, 0.717) is 41.6 Å². The van der Waals surface area contributed by atoms with Gasteiger partial charge in [0.15, 0.2) is 5.96 Å². The van der Waals surface area contributed by atoms with E-state index in [4.69, 9.17) is 33.7 Å². The van der Waals surface area contributed by atoms with Gasteiger partial charge in [-0.15, -0.1) is 24.0 Å². The summed E-state index contributed by atoms with van der Waals surface area (Å²) in [4.78, 5) is 8.74. The third kappa shape index (κ3) is 5.22. The van der Waals surface area contributed by atoms with Crippen molar-refractivity contribution in [3.05, 3.63) is 58.2 Å². The lowest BCUT2D eigenvalue weighted by Crippen LogP contribution is -2.38. The number of pyridine rings is 1. The summed E-state index contributed by atoms with van der Waals surface area (Å²) in [5.74, 6) is 0.990. The average Bonchev–Trinajstić information content (AvgIpc) is 2.62. The highest BCUT2D eigenvalue weighted by molar-refractivity contribution is 14.0. The molecule has 0 radical (unpaired) electrons. The normalized spacial score (nSPS) is 16.6. The van der Waals surface area contributed by atoms with E-state index < -0.39 is 0 Å². The van der Waals surface area contributed by atoms with Gasteiger partial charge in [-0.05, 0) is 42.7 Å². The van der Waals surface area contributed by atoms with Gasteiger partial charge < -0.3 is 15.8 Å². The molecular formula is C18H21Cl2IN4O. The van der Waals surface area contributed by atoms with Gasteiger partial charge in [-0.1, -0.05) is 35.3 Å². The van der Waals surface area contributed by atoms with E-state index in [9.17, 15) is 0 Å². The van der Waals surface area contributed by atoms with Crippen molar-refractivity contribution in [3.8, 4) is 0 Å². The molecule has 2 aromatic rings. The summed E-state index contributed by atoms with van der Waals surface area (Å²) in [5, 5.41) is 4.28. The summed E-state index contributed by atoms with van der Waals surface area (Å²) in [6.45, 7) is 1.85. The molecule has 3 rings (SSSR count). The minimum Gasteiger partial charge on any atom is -0.381 e. The van der Waals surface area contributed by atoms with Crippen molar-refractivity contribution < 1.29 is 4.74 Å². The molecule has 1 fully saturated rings. The first-order valence-electron chi connectivity index (χ1n) is 8.10. The van der Waals surface area contributed by atoms with Crippen molar-refractivity contribution in [1.29, 1.82) is 0 Å². The van der Waals surface area contributed by atoms with E-state index in [1.54, 1.807) is 12.3 Å². The summed E-state index contributed by atoms with van der Waals surface area (Å²) in [5.41, 5.74) is 6.86. The standard InChI is InChI=1S/C18H20Cl2N4O.HI/c19-13-4-5-14(15(20)11-13)18(6-9-25-10-7-18)12-23-17(21)24-16-3-1-2-8-22-16;/h1-5,8,11H,6-7,9-10,12H2,(H3,21,22,23,24);1H. The number of nitrogens with zero attached hydrogens (tertiary/aromatic N) is 2. The van der Waals surface area contributed by atoms with Crippen molar-refractivity contribution in [3.63, 3.8) is 0 Å². The highest BCUT2D eigenvalue weighted by Crippen LogP contribution is 2.39. The van der Waals surface area contributed by atoms with Gasteiger partial charge in [0.1, 0.15) is 5.82 Å². The van der Waals surface area contributed by atoms with Crippen LogP contribution in [-0.4, -0.2) is 30.7 Å². The molecule has 1 aromatic carbocycles. The molecule has 8 heteroatoms. The minimum atomic E-state index is -0.212. The average molecular weight is 507 g/mol. The Kier molecular flexibility index (Phi) is 7.94. The molecule has 0 bridgehead atoms. The lowest BCUT2D eigenvalue weighted by atomic mass is 9.74. The molecule has 3 N–H and O–H groups in total. The first kappa shape index (κ1) is 21.2. The number of nitrogens with two attached hydrogens (primary N) is 1. The van der Waals surface area contributed by atoms with Crippen LogP contribution < -0.4 is 11.1 Å². The highest BCUT2D eigenvalue weighted by atomic mass is 127. The van der Waals surface area contributed by atoms with Crippen molar-refractivity contribution in [2.24, 2.45) is 10.7 Å². The highest BCUT2D eigenvalue weighted by Gasteiger charge is 2.36. The number of hydrogen-bond acceptors (Lipinski definition) is 3. The number of halogens is 3. The fourth-order valence-electron chi connectivity index (χ4n) is 3.04. The second-order valence-electron chi connectivity index (χ2n) is 6.06. The first-order chi connectivity index (χ1) is 12.1. The summed E-state index contributed by atoms with van der Waals surface area (Å²) in [6, 6.07) is 11.2. The number of aliphatic imine (C=N–C) groups is 1. The van der Waals surface area contributed by atoms with E-state index in [0.717, 1.165) is 18.4 Å². The van der Waals surface area contributed by atoms with Crippen LogP contribution in [0.4, 0.5) is 5.82 Å². The molecule has 0 amide bonds. The number of benzene rings is 1. The first-order valence-corrected chi connectivity index (χ1v) is 8.86. The Balaban J connectivity index is 0.00000243. The molecule has 5 nitrogen and oxygen atoms in total. The van der Waals surface area contributed by atoms with Crippen LogP contribution in [0.15, 0.2) is 47.6 Å². The third-order valence-electron chi connectivity index (χ3n) is 4.43. The van der Waals surface area contributed by atoms with Crippen LogP contribution in [0.25, 0.3) is 0 Å². The van der Waals surface area contributed by atoms with Crippen molar-refractivity contribution in [2.75, 3.05) is 25.1 Å². The van der Waals surface area contributed by atoms with Gasteiger partial charge in [0, 0.05) is 34.9 Å². The molecule has 0 aliphatic carbocycles. The fourth-order valence-corrected chi connectivity index (χ4v) is 3.65. The Morgan fingerprint density at radius 2 is 2.00 bits per heavy atom. The van der Waals surface area contributed by atoms with Crippen LogP contribution in [0.5, 0.6) is 0 Å². The number of hydrogen-bond donors (Lipinski definition) is 2. The van der Waals surface area contributed by atoms with Crippen LogP contribution in [0.1, 0.15) is 18.4 Å². The number of nitrogens with one attached hydrogen (secondary N) is 1. The number of anilines is 1. The zero-order valence-corrected chi connectivity index (χ0v) is 18.0. The largest absolute Gasteiger partial charge is 0.381 e. The Morgan fingerprint density at radius 3 is 2.65 bits per heavy atom. The number of guanidine groups is 1. The zero-order chi connectivity index (χ0) is 17.7. The van der Waals surface area contributed by atoms with Crippen molar-refractivity contribution in [2.45, 2.75) is 18.3 Å². The molecule has 1 aliphatic rings. The molecule has 0 saturated carbocycles. The molecule has 0 spiro atoms. The summed E-state index contributed by atoms with van der Waals surface area (Å²) in [7, 11) is 0. The predicted molar refractivity (Wildman–Crippen MR) is 118 cm³/mol. The van der Waals surface area contributed by atoms with Crippen LogP contribution in [-0.2, 0) is 10.2 Å². The fraction of sp³-hybridized carbons (Fsp3) is 0.333. The van der Waals surface area contributed by atoms with Gasteiger partial charge in [-0.2, -0.15) is 0 Å². The van der Waals surface area contributed by atoms with E-state index in [-0.39, 0.29) is 29.4 Å². The van der Waals surface area contributed by atoms with Crippen LogP contribution in [0.2, 0.25) is 10.0 Å². The van der Waals surface area contributed by atoms with Gasteiger partial charge in [0.05, 0.1) is 6.54 Å². The molecule has 26 heavy (non-hydrogen) atoms. The van der Waals surface area contributed by atoms with E-state index >= 15 is 0 Å². The van der Waals surface area contributed by atoms with Gasteiger partial charge in [0.25, 0.3) is 0 Å². The lowest BCUT2D eigenvalue weighted by molar-refractivity contribution is 0.0532. The maximum absolute atomic E-state index is 6.47. The van der Waals surface area contributed by atoms with Gasteiger partial charge in [-0.3, -0.25) is 4.99 Å². The predicted octanol–water partition coefficient (Wildman–Crippen LogP) is 4.48. The monoisotopic (exact) mass is 506 g/mol.